The van der Waals surface area contributed by atoms with Crippen molar-refractivity contribution in [1.29, 1.82) is 0 Å². The molecule has 17 heavy (non-hydrogen) atoms. The highest BCUT2D eigenvalue weighted by atomic mass is 35.5. The van der Waals surface area contributed by atoms with E-state index >= 15 is 0 Å². The number of piperazine rings is 1. The van der Waals surface area contributed by atoms with Crippen molar-refractivity contribution in [2.75, 3.05) is 26.2 Å². The molecular formula is C13H18ClFN2. The summed E-state index contributed by atoms with van der Waals surface area (Å²) < 4.78 is 13.3. The van der Waals surface area contributed by atoms with Gasteiger partial charge in [-0.2, -0.15) is 0 Å². The summed E-state index contributed by atoms with van der Waals surface area (Å²) in [5, 5.41) is 3.99. The van der Waals surface area contributed by atoms with E-state index in [0.29, 0.717) is 5.02 Å². The van der Waals surface area contributed by atoms with E-state index in [4.69, 9.17) is 11.6 Å². The summed E-state index contributed by atoms with van der Waals surface area (Å²) >= 11 is 6.18. The first-order chi connectivity index (χ1) is 8.22. The molecule has 1 saturated heterocycles. The molecule has 0 saturated carbocycles. The van der Waals surface area contributed by atoms with Gasteiger partial charge in [-0.25, -0.2) is 4.39 Å². The minimum Gasteiger partial charge on any atom is -0.314 e. The van der Waals surface area contributed by atoms with Gasteiger partial charge in [0.05, 0.1) is 0 Å². The molecule has 0 radical (unpaired) electrons. The lowest BCUT2D eigenvalue weighted by atomic mass is 10.0. The van der Waals surface area contributed by atoms with Crippen LogP contribution in [0.15, 0.2) is 18.2 Å². The van der Waals surface area contributed by atoms with Crippen molar-refractivity contribution in [2.45, 2.75) is 19.4 Å². The lowest BCUT2D eigenvalue weighted by molar-refractivity contribution is 0.169. The van der Waals surface area contributed by atoms with E-state index < -0.39 is 0 Å². The van der Waals surface area contributed by atoms with Crippen molar-refractivity contribution in [3.63, 3.8) is 0 Å². The summed E-state index contributed by atoms with van der Waals surface area (Å²) in [6, 6.07) is 4.85. The van der Waals surface area contributed by atoms with Crippen LogP contribution in [0.4, 0.5) is 4.39 Å². The fraction of sp³-hybridized carbons (Fsp3) is 0.538. The minimum absolute atomic E-state index is 0.210. The lowest BCUT2D eigenvalue weighted by Crippen LogP contribution is -2.45. The van der Waals surface area contributed by atoms with Crippen LogP contribution >= 0.6 is 11.6 Å². The Balaban J connectivity index is 2.24. The van der Waals surface area contributed by atoms with Crippen LogP contribution < -0.4 is 5.32 Å². The van der Waals surface area contributed by atoms with Gasteiger partial charge in [-0.05, 0) is 30.2 Å². The van der Waals surface area contributed by atoms with E-state index in [-0.39, 0.29) is 11.9 Å². The molecule has 1 aromatic carbocycles. The Morgan fingerprint density at radius 2 is 2.12 bits per heavy atom. The van der Waals surface area contributed by atoms with Crippen LogP contribution in [0.5, 0.6) is 0 Å². The van der Waals surface area contributed by atoms with Crippen molar-refractivity contribution in [3.8, 4) is 0 Å². The maximum Gasteiger partial charge on any atom is 0.123 e. The highest BCUT2D eigenvalue weighted by Gasteiger charge is 2.22. The summed E-state index contributed by atoms with van der Waals surface area (Å²) in [7, 11) is 0. The molecule has 1 aromatic rings. The molecule has 0 aliphatic carbocycles. The van der Waals surface area contributed by atoms with Crippen molar-refractivity contribution >= 4 is 11.6 Å². The second kappa shape index (κ2) is 5.80. The maximum absolute atomic E-state index is 13.3. The Labute approximate surface area is 107 Å². The first kappa shape index (κ1) is 12.8. The van der Waals surface area contributed by atoms with E-state index in [9.17, 15) is 4.39 Å². The first-order valence-electron chi connectivity index (χ1n) is 6.12. The maximum atomic E-state index is 13.3. The highest BCUT2D eigenvalue weighted by molar-refractivity contribution is 6.31. The molecule has 1 aliphatic rings. The fourth-order valence-electron chi connectivity index (χ4n) is 2.44. The average molecular weight is 257 g/mol. The summed E-state index contributed by atoms with van der Waals surface area (Å²) in [6.45, 7) is 6.08. The van der Waals surface area contributed by atoms with Crippen LogP contribution in [0.25, 0.3) is 0 Å². The number of rotatable bonds is 3. The first-order valence-corrected chi connectivity index (χ1v) is 6.50. The minimum atomic E-state index is -0.210. The predicted molar refractivity (Wildman–Crippen MR) is 68.9 cm³/mol. The molecule has 1 N–H and O–H groups in total. The van der Waals surface area contributed by atoms with E-state index in [2.05, 4.69) is 17.1 Å². The van der Waals surface area contributed by atoms with Gasteiger partial charge >= 0.3 is 0 Å². The average Bonchev–Trinajstić information content (AvgIpc) is 2.36. The molecule has 0 unspecified atom stereocenters. The zero-order valence-electron chi connectivity index (χ0n) is 10.0. The fourth-order valence-corrected chi connectivity index (χ4v) is 2.68. The standard InChI is InChI=1S/C13H18ClFN2/c1-2-13(17-7-5-16-6-8-17)11-9-10(15)3-4-12(11)14/h3-4,9,13,16H,2,5-8H2,1H3/t13-/m0/s1. The SMILES string of the molecule is CC[C@@H](c1cc(F)ccc1Cl)N1CCNCC1. The molecule has 94 valence electrons. The van der Waals surface area contributed by atoms with Crippen molar-refractivity contribution in [2.24, 2.45) is 0 Å². The van der Waals surface area contributed by atoms with Gasteiger partial charge in [0, 0.05) is 37.2 Å². The van der Waals surface area contributed by atoms with Gasteiger partial charge in [-0.15, -0.1) is 0 Å². The molecule has 0 amide bonds. The molecule has 0 spiro atoms. The van der Waals surface area contributed by atoms with Crippen LogP contribution in [0.1, 0.15) is 24.9 Å². The number of benzene rings is 1. The van der Waals surface area contributed by atoms with Gasteiger partial charge in [0.1, 0.15) is 5.82 Å². The van der Waals surface area contributed by atoms with Crippen LogP contribution in [-0.2, 0) is 0 Å². The second-order valence-corrected chi connectivity index (χ2v) is 4.78. The third kappa shape index (κ3) is 2.97. The molecule has 0 aromatic heterocycles. The van der Waals surface area contributed by atoms with Crippen LogP contribution in [0.3, 0.4) is 0 Å². The highest BCUT2D eigenvalue weighted by Crippen LogP contribution is 2.30. The van der Waals surface area contributed by atoms with E-state index in [0.717, 1.165) is 38.2 Å². The molecule has 2 rings (SSSR count). The second-order valence-electron chi connectivity index (χ2n) is 4.38. The van der Waals surface area contributed by atoms with Crippen LogP contribution in [0.2, 0.25) is 5.02 Å². The summed E-state index contributed by atoms with van der Waals surface area (Å²) in [5.41, 5.74) is 0.913. The van der Waals surface area contributed by atoms with Crippen LogP contribution in [0, 0.1) is 5.82 Å². The quantitative estimate of drug-likeness (QED) is 0.895. The summed E-state index contributed by atoms with van der Waals surface area (Å²) in [5.74, 6) is -0.210. The molecule has 1 fully saturated rings. The lowest BCUT2D eigenvalue weighted by Gasteiger charge is -2.35. The zero-order chi connectivity index (χ0) is 12.3. The number of nitrogens with zero attached hydrogens (tertiary/aromatic N) is 1. The third-order valence-corrected chi connectivity index (χ3v) is 3.64. The van der Waals surface area contributed by atoms with Gasteiger partial charge < -0.3 is 5.32 Å². The van der Waals surface area contributed by atoms with Gasteiger partial charge in [-0.1, -0.05) is 18.5 Å². The van der Waals surface area contributed by atoms with Crippen molar-refractivity contribution in [3.05, 3.63) is 34.6 Å². The largest absolute Gasteiger partial charge is 0.314 e. The predicted octanol–water partition coefficient (Wildman–Crippen LogP) is 2.84. The number of halogens is 2. The van der Waals surface area contributed by atoms with Gasteiger partial charge in [0.25, 0.3) is 0 Å². The molecule has 0 bridgehead atoms. The molecule has 2 nitrogen and oxygen atoms in total. The van der Waals surface area contributed by atoms with E-state index in [1.807, 2.05) is 0 Å². The Bertz CT molecular complexity index is 378. The Morgan fingerprint density at radius 1 is 1.41 bits per heavy atom. The van der Waals surface area contributed by atoms with Crippen molar-refractivity contribution in [1.82, 2.24) is 10.2 Å². The topological polar surface area (TPSA) is 15.3 Å². The molecule has 1 heterocycles. The van der Waals surface area contributed by atoms with E-state index in [1.165, 1.54) is 6.07 Å². The Kier molecular flexibility index (Phi) is 4.37. The molecule has 1 atom stereocenters. The van der Waals surface area contributed by atoms with E-state index in [1.54, 1.807) is 12.1 Å². The molecular weight excluding hydrogens is 239 g/mol. The zero-order valence-corrected chi connectivity index (χ0v) is 10.8. The van der Waals surface area contributed by atoms with Crippen molar-refractivity contribution < 1.29 is 4.39 Å². The third-order valence-electron chi connectivity index (χ3n) is 3.30. The van der Waals surface area contributed by atoms with Gasteiger partial charge in [0.15, 0.2) is 0 Å². The normalized spacial score (nSPS) is 19.2. The van der Waals surface area contributed by atoms with Crippen LogP contribution in [-0.4, -0.2) is 31.1 Å². The molecule has 4 heteroatoms. The smallest absolute Gasteiger partial charge is 0.123 e. The summed E-state index contributed by atoms with van der Waals surface area (Å²) in [6.07, 6.45) is 0.948. The number of hydrogen-bond donors (Lipinski definition) is 1. The summed E-state index contributed by atoms with van der Waals surface area (Å²) in [4.78, 5) is 2.37. The monoisotopic (exact) mass is 256 g/mol. The number of nitrogens with one attached hydrogen (secondary N) is 1. The van der Waals surface area contributed by atoms with Gasteiger partial charge in [0.2, 0.25) is 0 Å². The van der Waals surface area contributed by atoms with Gasteiger partial charge in [-0.3, -0.25) is 4.90 Å². The number of hydrogen-bond acceptors (Lipinski definition) is 2. The molecule has 1 aliphatic heterocycles. The Hall–Kier alpha value is -0.640. The Morgan fingerprint density at radius 3 is 2.76 bits per heavy atom.